The van der Waals surface area contributed by atoms with Crippen molar-refractivity contribution in [2.45, 2.75) is 108 Å². The fraction of sp³-hybridized carbons (Fsp3) is 0.443. The van der Waals surface area contributed by atoms with Crippen molar-refractivity contribution in [1.82, 2.24) is 26.6 Å². The average molecular weight is 1200 g/mol. The third kappa shape index (κ3) is 13.6. The molecule has 3 aromatic carbocycles. The number of aliphatic carboxylic acids is 1. The van der Waals surface area contributed by atoms with Gasteiger partial charge in [0.15, 0.2) is 22.8 Å². The van der Waals surface area contributed by atoms with E-state index in [9.17, 15) is 62.5 Å². The van der Waals surface area contributed by atoms with Crippen molar-refractivity contribution < 1.29 is 90.6 Å². The average Bonchev–Trinajstić information content (AvgIpc) is 1.31. The van der Waals surface area contributed by atoms with Crippen LogP contribution in [0.3, 0.4) is 0 Å². The third-order valence-corrected chi connectivity index (χ3v) is 17.0. The molecule has 8 N–H and O–H groups in total. The minimum atomic E-state index is -2.55. The van der Waals surface area contributed by atoms with Gasteiger partial charge in [0.2, 0.25) is 29.5 Å². The fourth-order valence-corrected chi connectivity index (χ4v) is 12.6. The molecule has 0 saturated heterocycles. The van der Waals surface area contributed by atoms with Gasteiger partial charge >= 0.3 is 5.97 Å². The Kier molecular flexibility index (Phi) is 19.9. The number of anilines is 1. The van der Waals surface area contributed by atoms with Crippen LogP contribution >= 0.6 is 0 Å². The van der Waals surface area contributed by atoms with Gasteiger partial charge in [-0.05, 0) is 97.6 Å². The number of benzene rings is 3. The second kappa shape index (κ2) is 26.9. The van der Waals surface area contributed by atoms with Crippen molar-refractivity contribution in [1.29, 1.82) is 0 Å². The molecule has 0 bridgehead atoms. The van der Waals surface area contributed by atoms with Gasteiger partial charge in [-0.25, -0.2) is 18.1 Å². The van der Waals surface area contributed by atoms with E-state index in [0.29, 0.717) is 16.7 Å². The van der Waals surface area contributed by atoms with Crippen molar-refractivity contribution >= 4 is 64.6 Å². The van der Waals surface area contributed by atoms with Crippen LogP contribution in [0.5, 0.6) is 5.75 Å². The molecule has 1 aliphatic heterocycles. The van der Waals surface area contributed by atoms with Crippen LogP contribution in [-0.4, -0.2) is 149 Å². The molecule has 3 fully saturated rings. The molecular weight excluding hydrogens is 1130 g/mol. The van der Waals surface area contributed by atoms with E-state index in [1.54, 1.807) is 42.5 Å². The minimum absolute atomic E-state index is 0.0168. The molecule has 5 aliphatic rings. The number of amides is 7. The van der Waals surface area contributed by atoms with Gasteiger partial charge in [-0.15, -0.1) is 0 Å². The van der Waals surface area contributed by atoms with Gasteiger partial charge in [-0.2, -0.15) is 0 Å². The molecule has 86 heavy (non-hydrogen) atoms. The molecule has 4 aliphatic carbocycles. The van der Waals surface area contributed by atoms with Gasteiger partial charge in [0, 0.05) is 54.2 Å². The zero-order chi connectivity index (χ0) is 62.1. The summed E-state index contributed by atoms with van der Waals surface area (Å²) in [6.07, 6.45) is -0.757. The van der Waals surface area contributed by atoms with Gasteiger partial charge in [0.1, 0.15) is 37.1 Å². The maximum atomic E-state index is 18.0. The molecule has 10 atom stereocenters. The highest BCUT2D eigenvalue weighted by atomic mass is 19.1. The van der Waals surface area contributed by atoms with Gasteiger partial charge in [-0.1, -0.05) is 61.5 Å². The number of fused-ring (bicyclic) bond motifs is 5. The number of carboxylic acids is 1. The van der Waals surface area contributed by atoms with Gasteiger partial charge in [0.25, 0.3) is 11.8 Å². The lowest BCUT2D eigenvalue weighted by atomic mass is 9.44. The molecule has 7 amide bonds. The molecule has 3 aromatic rings. The van der Waals surface area contributed by atoms with E-state index in [1.165, 1.54) is 50.3 Å². The van der Waals surface area contributed by atoms with E-state index < -0.39 is 169 Å². The van der Waals surface area contributed by atoms with Gasteiger partial charge in [-0.3, -0.25) is 47.9 Å². The minimum Gasteiger partial charge on any atom is -0.493 e. The number of rotatable bonds is 27. The lowest BCUT2D eigenvalue weighted by Gasteiger charge is -2.62. The van der Waals surface area contributed by atoms with E-state index in [0.717, 1.165) is 29.2 Å². The van der Waals surface area contributed by atoms with Crippen LogP contribution in [0.4, 0.5) is 18.9 Å². The summed E-state index contributed by atoms with van der Waals surface area (Å²) in [6.45, 7) is -0.731. The number of nitrogens with zero attached hydrogens (tertiary/aromatic N) is 1. The third-order valence-electron chi connectivity index (χ3n) is 17.0. The number of hydrogen-bond acceptors (Lipinski definition) is 15. The highest BCUT2D eigenvalue weighted by Gasteiger charge is 2.77. The Morgan fingerprint density at radius 2 is 1.48 bits per heavy atom. The van der Waals surface area contributed by atoms with E-state index in [4.69, 9.17) is 19.3 Å². The highest BCUT2D eigenvalue weighted by molar-refractivity contribution is 6.28. The van der Waals surface area contributed by atoms with Crippen LogP contribution in [0.1, 0.15) is 69.1 Å². The van der Waals surface area contributed by atoms with Gasteiger partial charge < -0.3 is 56.1 Å². The number of aryl methyl sites for hydroxylation is 1. The zero-order valence-electron chi connectivity index (χ0n) is 47.1. The number of ketones is 2. The maximum Gasteiger partial charge on any atom is 0.303 e. The number of aliphatic hydroxyl groups is 2. The van der Waals surface area contributed by atoms with Crippen LogP contribution < -0.4 is 36.2 Å². The van der Waals surface area contributed by atoms with Crippen LogP contribution in [0.25, 0.3) is 0 Å². The molecule has 22 nitrogen and oxygen atoms in total. The van der Waals surface area contributed by atoms with Crippen LogP contribution in [0.15, 0.2) is 109 Å². The Hall–Kier alpha value is -8.39. The number of carboxylic acid groups (broad SMARTS) is 1. The lowest BCUT2D eigenvalue weighted by Crippen LogP contribution is -2.71. The molecule has 458 valence electrons. The lowest BCUT2D eigenvalue weighted by molar-refractivity contribution is -0.228. The number of halogens is 3. The van der Waals surface area contributed by atoms with E-state index in [1.807, 2.05) is 0 Å². The Bertz CT molecular complexity index is 3230. The summed E-state index contributed by atoms with van der Waals surface area (Å²) >= 11 is 0. The molecule has 0 unspecified atom stereocenters. The molecule has 1 heterocycles. The summed E-state index contributed by atoms with van der Waals surface area (Å²) in [5.41, 5.74) is -6.94. The number of ether oxygens (including phenoxy) is 3. The Morgan fingerprint density at radius 1 is 0.791 bits per heavy atom. The number of alkyl halides is 2. The summed E-state index contributed by atoms with van der Waals surface area (Å²) in [7, 11) is 0. The summed E-state index contributed by atoms with van der Waals surface area (Å²) in [6, 6.07) is 17.1. The molecular formula is C61H67F3N6O16. The number of aliphatic hydroxyl groups excluding tert-OH is 1. The molecule has 0 aromatic heterocycles. The quantitative estimate of drug-likeness (QED) is 0.0309. The normalized spacial score (nSPS) is 26.5. The standard InChI is InChI=1S/C61H67F3N6O16/c1-58-20-19-40(71)25-43(58)44(63)26-42-41-27-49(86-32-36-10-6-11-38(62)22-36)61(83,59(41,2)28-47(72)60(42,58)64)48(73)33-84-34-68-52(76)30-67-57(82)45(23-35-8-4-3-5-9-35)69-53(77)31-66-51(75)29-65-50(74)16-14-37-13-15-39(70-54(78)17-18-55(70)79)24-46(37)85-21-7-12-56(80)81/h3-6,8-11,13,15,17-20,22,24-25,41-42,44-45,47,49,72,83H,7,12,14,16,21,23,26-34H2,1-2H3,(H,65,74)(H,66,75)(H,67,82)(H,68,76)(H,69,77)(H,80,81)/t41-,42-,44-,45-,47-,49+,58-,59-,60-,61+/m0/s1. The summed E-state index contributed by atoms with van der Waals surface area (Å²) in [4.78, 5) is 129. The molecule has 0 spiro atoms. The van der Waals surface area contributed by atoms with E-state index in [2.05, 4.69) is 26.6 Å². The second-order valence-corrected chi connectivity index (χ2v) is 22.4. The Balaban J connectivity index is 0.821. The fourth-order valence-electron chi connectivity index (χ4n) is 12.6. The van der Waals surface area contributed by atoms with Crippen molar-refractivity contribution in [3.05, 3.63) is 131 Å². The van der Waals surface area contributed by atoms with E-state index >= 15 is 8.78 Å². The van der Waals surface area contributed by atoms with Gasteiger partial charge in [0.05, 0.1) is 50.7 Å². The largest absolute Gasteiger partial charge is 0.493 e. The Labute approximate surface area is 491 Å². The monoisotopic (exact) mass is 1200 g/mol. The van der Waals surface area contributed by atoms with Crippen LogP contribution in [-0.2, 0) is 76.9 Å². The van der Waals surface area contributed by atoms with E-state index in [-0.39, 0.29) is 68.7 Å². The first-order valence-electron chi connectivity index (χ1n) is 28.0. The number of imide groups is 1. The number of Topliss-reactive ketones (excluding diaryl/α,β-unsaturated/α-hetero) is 1. The van der Waals surface area contributed by atoms with Crippen LogP contribution in [0.2, 0.25) is 0 Å². The second-order valence-electron chi connectivity index (χ2n) is 22.4. The highest BCUT2D eigenvalue weighted by Crippen LogP contribution is 2.70. The molecule has 0 radical (unpaired) electrons. The predicted octanol–water partition coefficient (Wildman–Crippen LogP) is 2.41. The summed E-state index contributed by atoms with van der Waals surface area (Å²) in [5.74, 6) is -10.1. The molecule has 3 saturated carbocycles. The molecule has 8 rings (SSSR count). The number of carbonyl (C=O) groups is 10. The van der Waals surface area contributed by atoms with Crippen molar-refractivity contribution in [2.75, 3.05) is 44.5 Å². The zero-order valence-corrected chi connectivity index (χ0v) is 47.1. The molecule has 25 heteroatoms. The first-order chi connectivity index (χ1) is 40.9. The number of carbonyl (C=O) groups excluding carboxylic acids is 9. The SMILES string of the molecule is C[C@]12C=CC(=O)C=C1[C@@H](F)C[C@H]1[C@@H]3C[C@@H](OCc4cccc(F)c4)[C@](O)(C(=O)COCNC(=O)CNC(=O)[C@H](Cc4ccccc4)NC(=O)CNC(=O)CNC(=O)CCc4ccc(N5C(=O)C=CC5=O)cc4OCCCC(=O)O)[C@@]3(C)C[C@H](O)[C@@]12F. The summed E-state index contributed by atoms with van der Waals surface area (Å²) < 4.78 is 65.9. The first-order valence-corrected chi connectivity index (χ1v) is 28.0. The first kappa shape index (κ1) is 63.6. The Morgan fingerprint density at radius 3 is 2.20 bits per heavy atom. The smallest absolute Gasteiger partial charge is 0.303 e. The number of hydrogen-bond donors (Lipinski definition) is 8. The number of allylic oxidation sites excluding steroid dienone is 4. The topological polar surface area (TPSA) is 322 Å². The maximum absolute atomic E-state index is 18.0. The number of nitrogens with one attached hydrogen (secondary N) is 5. The van der Waals surface area contributed by atoms with Crippen molar-refractivity contribution in [3.8, 4) is 5.75 Å². The van der Waals surface area contributed by atoms with Crippen molar-refractivity contribution in [2.24, 2.45) is 22.7 Å². The van der Waals surface area contributed by atoms with Crippen LogP contribution in [0, 0.1) is 28.5 Å². The summed E-state index contributed by atoms with van der Waals surface area (Å²) in [5, 5.41) is 45.7. The predicted molar refractivity (Wildman–Crippen MR) is 298 cm³/mol. The van der Waals surface area contributed by atoms with Crippen molar-refractivity contribution in [3.63, 3.8) is 0 Å².